The maximum atomic E-state index is 10.6. The molecule has 19 heavy (non-hydrogen) atoms. The maximum absolute atomic E-state index is 10.6. The van der Waals surface area contributed by atoms with Gasteiger partial charge in [-0.1, -0.05) is 0 Å². The lowest BCUT2D eigenvalue weighted by atomic mass is 10.1. The number of anilines is 1. The van der Waals surface area contributed by atoms with E-state index < -0.39 is 4.92 Å². The van der Waals surface area contributed by atoms with E-state index in [-0.39, 0.29) is 17.3 Å². The Balaban J connectivity index is 2.15. The number of hydrogen-bond acceptors (Lipinski definition) is 6. The number of aromatic nitrogens is 1. The topological polar surface area (TPSA) is 104 Å². The highest BCUT2D eigenvalue weighted by atomic mass is 16.6. The molecule has 2 N–H and O–H groups in total. The summed E-state index contributed by atoms with van der Waals surface area (Å²) in [5.74, 6) is 0.431. The molecule has 1 aromatic heterocycles. The van der Waals surface area contributed by atoms with Crippen molar-refractivity contribution < 1.29 is 4.92 Å². The van der Waals surface area contributed by atoms with Crippen molar-refractivity contribution in [2.45, 2.75) is 25.3 Å². The van der Waals surface area contributed by atoms with Crippen molar-refractivity contribution in [2.24, 2.45) is 0 Å². The molecule has 100 valence electrons. The van der Waals surface area contributed by atoms with E-state index in [4.69, 9.17) is 5.26 Å². The number of nitrogens with one attached hydrogen (secondary N) is 2. The normalized spacial score (nSPS) is 19.2. The SMILES string of the molecule is N#Cc1cc([N+](=O)[O-])cnc1NC1CCCNCC1. The van der Waals surface area contributed by atoms with E-state index in [1.165, 1.54) is 12.3 Å². The average molecular weight is 261 g/mol. The van der Waals surface area contributed by atoms with Gasteiger partial charge in [-0.05, 0) is 32.4 Å². The number of nitro groups is 1. The Morgan fingerprint density at radius 2 is 2.37 bits per heavy atom. The summed E-state index contributed by atoms with van der Waals surface area (Å²) < 4.78 is 0. The van der Waals surface area contributed by atoms with Gasteiger partial charge in [-0.2, -0.15) is 5.26 Å². The molecule has 0 spiro atoms. The summed E-state index contributed by atoms with van der Waals surface area (Å²) in [5.41, 5.74) is 0.0519. The van der Waals surface area contributed by atoms with Crippen molar-refractivity contribution in [3.63, 3.8) is 0 Å². The van der Waals surface area contributed by atoms with Crippen molar-refractivity contribution in [3.05, 3.63) is 27.9 Å². The summed E-state index contributed by atoms with van der Waals surface area (Å²) >= 11 is 0. The van der Waals surface area contributed by atoms with Crippen LogP contribution in [0.3, 0.4) is 0 Å². The lowest BCUT2D eigenvalue weighted by molar-refractivity contribution is -0.385. The predicted molar refractivity (Wildman–Crippen MR) is 69.7 cm³/mol. The van der Waals surface area contributed by atoms with Gasteiger partial charge in [-0.25, -0.2) is 4.98 Å². The minimum Gasteiger partial charge on any atom is -0.366 e. The number of rotatable bonds is 3. The van der Waals surface area contributed by atoms with Crippen LogP contribution in [0.25, 0.3) is 0 Å². The van der Waals surface area contributed by atoms with Gasteiger partial charge in [0.1, 0.15) is 23.6 Å². The summed E-state index contributed by atoms with van der Waals surface area (Å²) in [6.07, 6.45) is 4.19. The van der Waals surface area contributed by atoms with E-state index in [2.05, 4.69) is 15.6 Å². The summed E-state index contributed by atoms with van der Waals surface area (Å²) in [6.45, 7) is 1.92. The fourth-order valence-electron chi connectivity index (χ4n) is 2.11. The lowest BCUT2D eigenvalue weighted by Crippen LogP contribution is -2.22. The Hall–Kier alpha value is -2.20. The second kappa shape index (κ2) is 6.11. The molecule has 2 heterocycles. The van der Waals surface area contributed by atoms with Crippen LogP contribution in [0.5, 0.6) is 0 Å². The third-order valence-electron chi connectivity index (χ3n) is 3.12. The first kappa shape index (κ1) is 13.2. The molecule has 2 rings (SSSR count). The number of nitrogens with zero attached hydrogens (tertiary/aromatic N) is 3. The molecule has 0 radical (unpaired) electrons. The molecule has 1 aliphatic heterocycles. The van der Waals surface area contributed by atoms with Crippen LogP contribution in [0.2, 0.25) is 0 Å². The van der Waals surface area contributed by atoms with Gasteiger partial charge < -0.3 is 10.6 Å². The molecule has 1 aromatic rings. The zero-order valence-corrected chi connectivity index (χ0v) is 10.4. The zero-order valence-electron chi connectivity index (χ0n) is 10.4. The Morgan fingerprint density at radius 3 is 3.11 bits per heavy atom. The summed E-state index contributed by atoms with van der Waals surface area (Å²) in [7, 11) is 0. The number of pyridine rings is 1. The molecule has 1 saturated heterocycles. The molecular formula is C12H15N5O2. The largest absolute Gasteiger partial charge is 0.366 e. The Kier molecular flexibility index (Phi) is 4.26. The maximum Gasteiger partial charge on any atom is 0.289 e. The zero-order chi connectivity index (χ0) is 13.7. The van der Waals surface area contributed by atoms with Crippen LogP contribution >= 0.6 is 0 Å². The van der Waals surface area contributed by atoms with Crippen molar-refractivity contribution >= 4 is 11.5 Å². The third-order valence-corrected chi connectivity index (χ3v) is 3.12. The van der Waals surface area contributed by atoms with Gasteiger partial charge >= 0.3 is 0 Å². The van der Waals surface area contributed by atoms with Crippen LogP contribution in [-0.2, 0) is 0 Å². The molecule has 1 fully saturated rings. The smallest absolute Gasteiger partial charge is 0.289 e. The van der Waals surface area contributed by atoms with E-state index in [9.17, 15) is 10.1 Å². The van der Waals surface area contributed by atoms with E-state index in [1.807, 2.05) is 6.07 Å². The highest BCUT2D eigenvalue weighted by Gasteiger charge is 2.16. The van der Waals surface area contributed by atoms with Crippen molar-refractivity contribution in [2.75, 3.05) is 18.4 Å². The minimum atomic E-state index is -0.548. The Labute approximate surface area is 110 Å². The van der Waals surface area contributed by atoms with E-state index >= 15 is 0 Å². The lowest BCUT2D eigenvalue weighted by Gasteiger charge is -2.17. The second-order valence-electron chi connectivity index (χ2n) is 4.48. The first-order valence-electron chi connectivity index (χ1n) is 6.22. The molecule has 1 aliphatic rings. The van der Waals surface area contributed by atoms with Gasteiger partial charge in [0.2, 0.25) is 0 Å². The Bertz CT molecular complexity index is 503. The number of nitriles is 1. The summed E-state index contributed by atoms with van der Waals surface area (Å²) in [4.78, 5) is 14.1. The first-order valence-corrected chi connectivity index (χ1v) is 6.22. The van der Waals surface area contributed by atoms with Gasteiger partial charge in [-0.3, -0.25) is 10.1 Å². The minimum absolute atomic E-state index is 0.162. The molecule has 0 saturated carbocycles. The van der Waals surface area contributed by atoms with Crippen molar-refractivity contribution in [1.29, 1.82) is 5.26 Å². The average Bonchev–Trinajstić information content (AvgIpc) is 2.67. The van der Waals surface area contributed by atoms with E-state index in [1.54, 1.807) is 0 Å². The fraction of sp³-hybridized carbons (Fsp3) is 0.500. The predicted octanol–water partition coefficient (Wildman–Crippen LogP) is 1.42. The third kappa shape index (κ3) is 3.39. The first-order chi connectivity index (χ1) is 9.20. The van der Waals surface area contributed by atoms with Crippen molar-refractivity contribution in [3.8, 4) is 6.07 Å². The molecule has 7 nitrogen and oxygen atoms in total. The van der Waals surface area contributed by atoms with Gasteiger partial charge in [0.25, 0.3) is 5.69 Å². The van der Waals surface area contributed by atoms with Crippen LogP contribution in [-0.4, -0.2) is 29.0 Å². The van der Waals surface area contributed by atoms with Crippen molar-refractivity contribution in [1.82, 2.24) is 10.3 Å². The molecule has 1 atom stereocenters. The van der Waals surface area contributed by atoms with Crippen LogP contribution in [0.15, 0.2) is 12.3 Å². The molecule has 0 bridgehead atoms. The van der Waals surface area contributed by atoms with Gasteiger partial charge in [0, 0.05) is 12.1 Å². The van der Waals surface area contributed by atoms with E-state index in [0.717, 1.165) is 32.4 Å². The Morgan fingerprint density at radius 1 is 1.53 bits per heavy atom. The standard InChI is InChI=1S/C12H15N5O2/c13-7-9-6-11(17(18)19)8-15-12(9)16-10-2-1-4-14-5-3-10/h6,8,10,14H,1-5H2,(H,15,16). The van der Waals surface area contributed by atoms with Crippen LogP contribution in [0.4, 0.5) is 11.5 Å². The highest BCUT2D eigenvalue weighted by Crippen LogP contribution is 2.20. The summed E-state index contributed by atoms with van der Waals surface area (Å²) in [6, 6.07) is 3.45. The molecule has 0 amide bonds. The molecule has 7 heteroatoms. The van der Waals surface area contributed by atoms with Crippen LogP contribution in [0.1, 0.15) is 24.8 Å². The molecule has 0 aliphatic carbocycles. The van der Waals surface area contributed by atoms with Gasteiger partial charge in [-0.15, -0.1) is 0 Å². The van der Waals surface area contributed by atoms with Gasteiger partial charge in [0.15, 0.2) is 0 Å². The quantitative estimate of drug-likeness (QED) is 0.629. The van der Waals surface area contributed by atoms with E-state index in [0.29, 0.717) is 5.82 Å². The van der Waals surface area contributed by atoms with Crippen LogP contribution in [0, 0.1) is 21.4 Å². The second-order valence-corrected chi connectivity index (χ2v) is 4.48. The van der Waals surface area contributed by atoms with Crippen LogP contribution < -0.4 is 10.6 Å². The number of hydrogen-bond donors (Lipinski definition) is 2. The highest BCUT2D eigenvalue weighted by molar-refractivity contribution is 5.55. The fourth-order valence-corrected chi connectivity index (χ4v) is 2.11. The molecule has 1 unspecified atom stereocenters. The molecule has 0 aromatic carbocycles. The molecular weight excluding hydrogens is 246 g/mol. The monoisotopic (exact) mass is 261 g/mol. The van der Waals surface area contributed by atoms with Gasteiger partial charge in [0.05, 0.1) is 4.92 Å². The summed E-state index contributed by atoms with van der Waals surface area (Å²) in [5, 5.41) is 26.2.